The lowest BCUT2D eigenvalue weighted by Gasteiger charge is -2.16. The van der Waals surface area contributed by atoms with E-state index in [-0.39, 0.29) is 18.4 Å². The van der Waals surface area contributed by atoms with Crippen molar-refractivity contribution in [1.82, 2.24) is 15.0 Å². The number of carboxylic acids is 1. The number of carboxylic acid groups (broad SMARTS) is 1. The van der Waals surface area contributed by atoms with Crippen molar-refractivity contribution in [2.45, 2.75) is 43.9 Å². The van der Waals surface area contributed by atoms with Crippen molar-refractivity contribution in [1.29, 1.82) is 0 Å². The van der Waals surface area contributed by atoms with Crippen LogP contribution in [0.5, 0.6) is 0 Å². The summed E-state index contributed by atoms with van der Waals surface area (Å²) in [6.45, 7) is 0.715. The summed E-state index contributed by atoms with van der Waals surface area (Å²) in [5.74, 6) is 0.233. The van der Waals surface area contributed by atoms with Gasteiger partial charge in [0.2, 0.25) is 11.8 Å². The number of aryl methyl sites for hydroxylation is 1. The maximum absolute atomic E-state index is 12.6. The smallest absolute Gasteiger partial charge is 0.308 e. The molecule has 0 radical (unpaired) electrons. The lowest BCUT2D eigenvalue weighted by Crippen LogP contribution is -2.29. The molecule has 2 fully saturated rings. The first kappa shape index (κ1) is 17.7. The number of likely N-dealkylation sites (tertiary alicyclic amines) is 1. The van der Waals surface area contributed by atoms with Crippen LogP contribution in [0.25, 0.3) is 0 Å². The maximum atomic E-state index is 12.6. The molecule has 1 saturated heterocycles. The van der Waals surface area contributed by atoms with Crippen LogP contribution < -0.4 is 0 Å². The molecular formula is C20H23N3O4. The fraction of sp³-hybridized carbons (Fsp3) is 0.500. The van der Waals surface area contributed by atoms with Gasteiger partial charge in [-0.05, 0) is 24.8 Å². The molecule has 1 saturated carbocycles. The van der Waals surface area contributed by atoms with Crippen LogP contribution in [0.15, 0.2) is 34.9 Å². The van der Waals surface area contributed by atoms with E-state index in [1.54, 1.807) is 4.90 Å². The van der Waals surface area contributed by atoms with Gasteiger partial charge in [-0.1, -0.05) is 35.5 Å². The van der Waals surface area contributed by atoms with Crippen molar-refractivity contribution in [3.63, 3.8) is 0 Å². The zero-order valence-corrected chi connectivity index (χ0v) is 15.1. The van der Waals surface area contributed by atoms with Crippen LogP contribution in [0.2, 0.25) is 0 Å². The summed E-state index contributed by atoms with van der Waals surface area (Å²) in [4.78, 5) is 30.3. The molecular weight excluding hydrogens is 346 g/mol. The summed E-state index contributed by atoms with van der Waals surface area (Å²) in [6.07, 6.45) is 3.80. The van der Waals surface area contributed by atoms with Gasteiger partial charge >= 0.3 is 5.97 Å². The van der Waals surface area contributed by atoms with Crippen molar-refractivity contribution in [2.24, 2.45) is 5.92 Å². The van der Waals surface area contributed by atoms with Gasteiger partial charge in [0.15, 0.2) is 5.82 Å². The highest BCUT2D eigenvalue weighted by Crippen LogP contribution is 2.38. The Balaban J connectivity index is 1.32. The number of carbonyl (C=O) groups is 2. The number of hydrogen-bond donors (Lipinski definition) is 1. The Bertz CT molecular complexity index is 816. The molecule has 4 rings (SSSR count). The highest BCUT2D eigenvalue weighted by Gasteiger charge is 2.40. The van der Waals surface area contributed by atoms with Gasteiger partial charge in [-0.25, -0.2) is 0 Å². The second-order valence-corrected chi connectivity index (χ2v) is 7.43. The molecule has 1 amide bonds. The third-order valence-corrected chi connectivity index (χ3v) is 5.43. The number of hydrogen-bond acceptors (Lipinski definition) is 5. The second kappa shape index (κ2) is 7.50. The zero-order valence-electron chi connectivity index (χ0n) is 15.1. The van der Waals surface area contributed by atoms with Gasteiger partial charge in [0, 0.05) is 37.8 Å². The van der Waals surface area contributed by atoms with E-state index in [1.165, 1.54) is 0 Å². The first-order chi connectivity index (χ1) is 13.1. The Hall–Kier alpha value is -2.70. The minimum atomic E-state index is -0.849. The van der Waals surface area contributed by atoms with Crippen molar-refractivity contribution in [3.8, 4) is 0 Å². The Labute approximate surface area is 157 Å². The van der Waals surface area contributed by atoms with Crippen LogP contribution in [0.3, 0.4) is 0 Å². The number of benzene rings is 1. The van der Waals surface area contributed by atoms with Crippen LogP contribution in [-0.4, -0.2) is 45.1 Å². The van der Waals surface area contributed by atoms with Crippen molar-refractivity contribution in [3.05, 3.63) is 47.6 Å². The topological polar surface area (TPSA) is 96.5 Å². The average Bonchev–Trinajstić information content (AvgIpc) is 3.24. The first-order valence-electron chi connectivity index (χ1n) is 9.50. The van der Waals surface area contributed by atoms with E-state index >= 15 is 0 Å². The normalized spacial score (nSPS) is 22.1. The first-order valence-corrected chi connectivity index (χ1v) is 9.50. The molecule has 7 nitrogen and oxygen atoms in total. The number of rotatable bonds is 7. The number of aromatic nitrogens is 2. The van der Waals surface area contributed by atoms with Gasteiger partial charge in [-0.15, -0.1) is 0 Å². The van der Waals surface area contributed by atoms with E-state index in [0.717, 1.165) is 24.2 Å². The van der Waals surface area contributed by atoms with Gasteiger partial charge in [0.05, 0.1) is 5.92 Å². The van der Waals surface area contributed by atoms with Crippen molar-refractivity contribution < 1.29 is 19.2 Å². The molecule has 0 bridgehead atoms. The predicted molar refractivity (Wildman–Crippen MR) is 96.1 cm³/mol. The molecule has 27 heavy (non-hydrogen) atoms. The van der Waals surface area contributed by atoms with Crippen LogP contribution in [0.4, 0.5) is 0 Å². The van der Waals surface area contributed by atoms with Crippen LogP contribution in [-0.2, 0) is 16.0 Å². The average molecular weight is 369 g/mol. The maximum Gasteiger partial charge on any atom is 0.308 e. The van der Waals surface area contributed by atoms with E-state index in [9.17, 15) is 14.7 Å². The number of carbonyl (C=O) groups excluding carboxylic acids is 1. The highest BCUT2D eigenvalue weighted by molar-refractivity contribution is 5.79. The van der Waals surface area contributed by atoms with E-state index in [4.69, 9.17) is 4.52 Å². The monoisotopic (exact) mass is 369 g/mol. The van der Waals surface area contributed by atoms with Crippen LogP contribution in [0, 0.1) is 5.92 Å². The van der Waals surface area contributed by atoms with Gasteiger partial charge in [-0.2, -0.15) is 4.98 Å². The van der Waals surface area contributed by atoms with Gasteiger partial charge in [0.25, 0.3) is 0 Å². The standard InChI is InChI=1S/C20H23N3O4/c24-18(8-4-7-17-21-19(22-27-17)14-9-10-14)23-11-15(16(12-23)20(25)26)13-5-2-1-3-6-13/h1-3,5-6,14-16H,4,7-12H2,(H,25,26). The number of nitrogens with zero attached hydrogens (tertiary/aromatic N) is 3. The third kappa shape index (κ3) is 4.02. The molecule has 7 heteroatoms. The zero-order chi connectivity index (χ0) is 18.8. The molecule has 1 aliphatic carbocycles. The summed E-state index contributed by atoms with van der Waals surface area (Å²) in [6, 6.07) is 9.57. The van der Waals surface area contributed by atoms with E-state index < -0.39 is 11.9 Å². The Kier molecular flexibility index (Phi) is 4.92. The molecule has 2 aromatic rings. The minimum Gasteiger partial charge on any atom is -0.481 e. The summed E-state index contributed by atoms with van der Waals surface area (Å²) in [5.41, 5.74) is 0.971. The number of amides is 1. The summed E-state index contributed by atoms with van der Waals surface area (Å²) >= 11 is 0. The minimum absolute atomic E-state index is 0.0124. The summed E-state index contributed by atoms with van der Waals surface area (Å²) < 4.78 is 5.23. The second-order valence-electron chi connectivity index (χ2n) is 7.43. The Morgan fingerprint density at radius 2 is 1.96 bits per heavy atom. The molecule has 1 N–H and O–H groups in total. The van der Waals surface area contributed by atoms with E-state index in [1.807, 2.05) is 30.3 Å². The quantitative estimate of drug-likeness (QED) is 0.806. The molecule has 142 valence electrons. The molecule has 1 aliphatic heterocycles. The van der Waals surface area contributed by atoms with E-state index in [2.05, 4.69) is 10.1 Å². The highest BCUT2D eigenvalue weighted by atomic mass is 16.5. The van der Waals surface area contributed by atoms with Crippen molar-refractivity contribution in [2.75, 3.05) is 13.1 Å². The molecule has 2 heterocycles. The predicted octanol–water partition coefficient (Wildman–Crippen LogP) is 2.60. The Morgan fingerprint density at radius 3 is 2.67 bits per heavy atom. The van der Waals surface area contributed by atoms with Gasteiger partial charge in [-0.3, -0.25) is 9.59 Å². The van der Waals surface area contributed by atoms with E-state index in [0.29, 0.717) is 37.6 Å². The van der Waals surface area contributed by atoms with Crippen LogP contribution >= 0.6 is 0 Å². The SMILES string of the molecule is O=C(O)C1CN(C(=O)CCCc2nc(C3CC3)no2)CC1c1ccccc1. The largest absolute Gasteiger partial charge is 0.481 e. The van der Waals surface area contributed by atoms with Crippen molar-refractivity contribution >= 4 is 11.9 Å². The molecule has 0 spiro atoms. The summed E-state index contributed by atoms with van der Waals surface area (Å²) in [5, 5.41) is 13.5. The van der Waals surface area contributed by atoms with Crippen LogP contribution in [0.1, 0.15) is 54.8 Å². The lowest BCUT2D eigenvalue weighted by molar-refractivity contribution is -0.141. The number of aliphatic carboxylic acids is 1. The molecule has 1 aromatic heterocycles. The lowest BCUT2D eigenvalue weighted by atomic mass is 9.89. The molecule has 2 aliphatic rings. The third-order valence-electron chi connectivity index (χ3n) is 5.43. The summed E-state index contributed by atoms with van der Waals surface area (Å²) in [7, 11) is 0. The fourth-order valence-corrected chi connectivity index (χ4v) is 3.72. The molecule has 1 aromatic carbocycles. The fourth-order valence-electron chi connectivity index (χ4n) is 3.72. The molecule has 2 atom stereocenters. The van der Waals surface area contributed by atoms with Gasteiger partial charge < -0.3 is 14.5 Å². The molecule has 2 unspecified atom stereocenters. The Morgan fingerprint density at radius 1 is 1.19 bits per heavy atom. The van der Waals surface area contributed by atoms with Gasteiger partial charge in [0.1, 0.15) is 0 Å².